The average Bonchev–Trinajstić information content (AvgIpc) is 2.23. The Bertz CT molecular complexity index is 162. The SMILES string of the molecule is CCC(C)C(N)CN(CCOC)CC(C)C. The van der Waals surface area contributed by atoms with Crippen LogP contribution in [-0.2, 0) is 4.74 Å². The Labute approximate surface area is 101 Å². The molecule has 0 spiro atoms. The molecule has 0 aromatic heterocycles. The molecule has 0 rings (SSSR count). The quantitative estimate of drug-likeness (QED) is 0.658. The van der Waals surface area contributed by atoms with Crippen LogP contribution >= 0.6 is 0 Å². The van der Waals surface area contributed by atoms with Crippen molar-refractivity contribution in [1.82, 2.24) is 4.90 Å². The largest absolute Gasteiger partial charge is 0.383 e. The molecule has 0 heterocycles. The average molecular weight is 230 g/mol. The van der Waals surface area contributed by atoms with Crippen LogP contribution in [0, 0.1) is 11.8 Å². The maximum Gasteiger partial charge on any atom is 0.0589 e. The molecule has 0 aliphatic carbocycles. The molecule has 0 saturated carbocycles. The molecule has 0 aromatic rings. The number of rotatable bonds is 9. The molecule has 0 radical (unpaired) electrons. The van der Waals surface area contributed by atoms with Crippen LogP contribution in [0.5, 0.6) is 0 Å². The Morgan fingerprint density at radius 1 is 1.19 bits per heavy atom. The predicted molar refractivity (Wildman–Crippen MR) is 70.6 cm³/mol. The van der Waals surface area contributed by atoms with E-state index in [1.54, 1.807) is 7.11 Å². The number of ether oxygens (including phenoxy) is 1. The van der Waals surface area contributed by atoms with E-state index in [-0.39, 0.29) is 6.04 Å². The summed E-state index contributed by atoms with van der Waals surface area (Å²) in [5.41, 5.74) is 6.19. The van der Waals surface area contributed by atoms with Gasteiger partial charge >= 0.3 is 0 Å². The molecule has 0 aliphatic rings. The van der Waals surface area contributed by atoms with Crippen molar-refractivity contribution in [3.05, 3.63) is 0 Å². The fourth-order valence-electron chi connectivity index (χ4n) is 1.77. The summed E-state index contributed by atoms with van der Waals surface area (Å²) in [6, 6.07) is 0.278. The smallest absolute Gasteiger partial charge is 0.0589 e. The summed E-state index contributed by atoms with van der Waals surface area (Å²) in [5, 5.41) is 0. The van der Waals surface area contributed by atoms with Gasteiger partial charge in [-0.2, -0.15) is 0 Å². The molecule has 0 fully saturated rings. The minimum atomic E-state index is 0.278. The first-order valence-electron chi connectivity index (χ1n) is 6.48. The van der Waals surface area contributed by atoms with Crippen LogP contribution in [-0.4, -0.2) is 44.3 Å². The third-order valence-electron chi connectivity index (χ3n) is 3.08. The number of nitrogens with two attached hydrogens (primary N) is 1. The number of methoxy groups -OCH3 is 1. The molecule has 2 unspecified atom stereocenters. The molecule has 2 atom stereocenters. The second-order valence-electron chi connectivity index (χ2n) is 5.20. The molecule has 98 valence electrons. The first-order chi connectivity index (χ1) is 7.51. The summed E-state index contributed by atoms with van der Waals surface area (Å²) < 4.78 is 5.14. The highest BCUT2D eigenvalue weighted by Crippen LogP contribution is 2.08. The van der Waals surface area contributed by atoms with Crippen LogP contribution in [0.2, 0.25) is 0 Å². The third kappa shape index (κ3) is 7.20. The Balaban J connectivity index is 4.07. The maximum atomic E-state index is 6.19. The zero-order chi connectivity index (χ0) is 12.6. The molecule has 0 aromatic carbocycles. The van der Waals surface area contributed by atoms with Gasteiger partial charge in [0.25, 0.3) is 0 Å². The van der Waals surface area contributed by atoms with Crippen molar-refractivity contribution < 1.29 is 4.74 Å². The van der Waals surface area contributed by atoms with Gasteiger partial charge in [-0.1, -0.05) is 34.1 Å². The van der Waals surface area contributed by atoms with Crippen LogP contribution in [0.1, 0.15) is 34.1 Å². The van der Waals surface area contributed by atoms with Gasteiger partial charge in [0.1, 0.15) is 0 Å². The summed E-state index contributed by atoms with van der Waals surface area (Å²) in [6.07, 6.45) is 1.15. The summed E-state index contributed by atoms with van der Waals surface area (Å²) >= 11 is 0. The lowest BCUT2D eigenvalue weighted by atomic mass is 9.99. The van der Waals surface area contributed by atoms with E-state index in [0.29, 0.717) is 11.8 Å². The lowest BCUT2D eigenvalue weighted by Crippen LogP contribution is -2.43. The number of nitrogens with zero attached hydrogens (tertiary/aromatic N) is 1. The van der Waals surface area contributed by atoms with Gasteiger partial charge in [0.2, 0.25) is 0 Å². The molecule has 0 saturated heterocycles. The maximum absolute atomic E-state index is 6.19. The van der Waals surface area contributed by atoms with Gasteiger partial charge in [-0.3, -0.25) is 4.90 Å². The normalized spacial score (nSPS) is 15.8. The second-order valence-corrected chi connectivity index (χ2v) is 5.20. The van der Waals surface area contributed by atoms with Crippen LogP contribution in [0.3, 0.4) is 0 Å². The zero-order valence-corrected chi connectivity index (χ0v) is 11.7. The van der Waals surface area contributed by atoms with E-state index in [9.17, 15) is 0 Å². The fourth-order valence-corrected chi connectivity index (χ4v) is 1.77. The van der Waals surface area contributed by atoms with Crippen molar-refractivity contribution in [2.45, 2.75) is 40.2 Å². The third-order valence-corrected chi connectivity index (χ3v) is 3.08. The Hall–Kier alpha value is -0.120. The van der Waals surface area contributed by atoms with Crippen LogP contribution in [0.25, 0.3) is 0 Å². The van der Waals surface area contributed by atoms with E-state index in [1.165, 1.54) is 0 Å². The van der Waals surface area contributed by atoms with Crippen molar-refractivity contribution in [2.75, 3.05) is 33.4 Å². The van der Waals surface area contributed by atoms with E-state index in [0.717, 1.165) is 32.7 Å². The van der Waals surface area contributed by atoms with E-state index in [4.69, 9.17) is 10.5 Å². The summed E-state index contributed by atoms with van der Waals surface area (Å²) in [4.78, 5) is 2.42. The van der Waals surface area contributed by atoms with Crippen LogP contribution < -0.4 is 5.73 Å². The molecule has 3 heteroatoms. The molecule has 0 aliphatic heterocycles. The van der Waals surface area contributed by atoms with E-state index in [2.05, 4.69) is 32.6 Å². The van der Waals surface area contributed by atoms with Crippen molar-refractivity contribution in [2.24, 2.45) is 17.6 Å². The summed E-state index contributed by atoms with van der Waals surface area (Å²) in [5.74, 6) is 1.28. The van der Waals surface area contributed by atoms with Gasteiger partial charge in [-0.15, -0.1) is 0 Å². The Kier molecular flexibility index (Phi) is 8.90. The number of hydrogen-bond donors (Lipinski definition) is 1. The van der Waals surface area contributed by atoms with E-state index < -0.39 is 0 Å². The lowest BCUT2D eigenvalue weighted by Gasteiger charge is -2.29. The van der Waals surface area contributed by atoms with E-state index >= 15 is 0 Å². The van der Waals surface area contributed by atoms with Gasteiger partial charge in [0.05, 0.1) is 6.61 Å². The molecule has 16 heavy (non-hydrogen) atoms. The Morgan fingerprint density at radius 3 is 2.25 bits per heavy atom. The highest BCUT2D eigenvalue weighted by atomic mass is 16.5. The standard InChI is InChI=1S/C13H30N2O/c1-6-12(4)13(14)10-15(7-8-16-5)9-11(2)3/h11-13H,6-10,14H2,1-5H3. The minimum absolute atomic E-state index is 0.278. The van der Waals surface area contributed by atoms with Gasteiger partial charge in [-0.25, -0.2) is 0 Å². The molecular formula is C13H30N2O. The zero-order valence-electron chi connectivity index (χ0n) is 11.7. The molecule has 0 bridgehead atoms. The second kappa shape index (κ2) is 8.97. The summed E-state index contributed by atoms with van der Waals surface area (Å²) in [7, 11) is 1.75. The molecule has 0 amide bonds. The molecule has 3 nitrogen and oxygen atoms in total. The van der Waals surface area contributed by atoms with Gasteiger partial charge in [0, 0.05) is 32.8 Å². The molecular weight excluding hydrogens is 200 g/mol. The van der Waals surface area contributed by atoms with Gasteiger partial charge in [0.15, 0.2) is 0 Å². The molecule has 2 N–H and O–H groups in total. The van der Waals surface area contributed by atoms with Crippen LogP contribution in [0.15, 0.2) is 0 Å². The van der Waals surface area contributed by atoms with Crippen molar-refractivity contribution in [1.29, 1.82) is 0 Å². The summed E-state index contributed by atoms with van der Waals surface area (Å²) in [6.45, 7) is 12.8. The van der Waals surface area contributed by atoms with E-state index in [1.807, 2.05) is 0 Å². The minimum Gasteiger partial charge on any atom is -0.383 e. The number of hydrogen-bond acceptors (Lipinski definition) is 3. The highest BCUT2D eigenvalue weighted by molar-refractivity contribution is 4.73. The van der Waals surface area contributed by atoms with Crippen molar-refractivity contribution in [3.63, 3.8) is 0 Å². The van der Waals surface area contributed by atoms with Crippen molar-refractivity contribution >= 4 is 0 Å². The van der Waals surface area contributed by atoms with Gasteiger partial charge in [-0.05, 0) is 11.8 Å². The lowest BCUT2D eigenvalue weighted by molar-refractivity contribution is 0.130. The fraction of sp³-hybridized carbons (Fsp3) is 1.00. The Morgan fingerprint density at radius 2 is 1.81 bits per heavy atom. The topological polar surface area (TPSA) is 38.5 Å². The van der Waals surface area contributed by atoms with Crippen molar-refractivity contribution in [3.8, 4) is 0 Å². The first kappa shape index (κ1) is 15.9. The van der Waals surface area contributed by atoms with Gasteiger partial charge < -0.3 is 10.5 Å². The van der Waals surface area contributed by atoms with Crippen LogP contribution in [0.4, 0.5) is 0 Å². The first-order valence-corrected chi connectivity index (χ1v) is 6.48. The monoisotopic (exact) mass is 230 g/mol. The highest BCUT2D eigenvalue weighted by Gasteiger charge is 2.16. The predicted octanol–water partition coefficient (Wildman–Crippen LogP) is 1.96.